The number of hydrogen-bond acceptors (Lipinski definition) is 2. The Balaban J connectivity index is 2.56. The minimum absolute atomic E-state index is 0.0779. The van der Waals surface area contributed by atoms with Crippen LogP contribution in [0.2, 0.25) is 5.02 Å². The second-order valence-corrected chi connectivity index (χ2v) is 4.50. The minimum atomic E-state index is -0.484. The van der Waals surface area contributed by atoms with E-state index in [-0.39, 0.29) is 5.91 Å². The molecule has 0 radical (unpaired) electrons. The van der Waals surface area contributed by atoms with Crippen molar-refractivity contribution in [2.75, 3.05) is 6.54 Å². The van der Waals surface area contributed by atoms with Gasteiger partial charge in [0.15, 0.2) is 6.10 Å². The first kappa shape index (κ1) is 14.8. The van der Waals surface area contributed by atoms with Crippen LogP contribution in [0.4, 0.5) is 0 Å². The Hall–Kier alpha value is -1.22. The first-order valence-corrected chi connectivity index (χ1v) is 6.75. The van der Waals surface area contributed by atoms with Gasteiger partial charge in [0.2, 0.25) is 0 Å². The molecule has 0 aromatic heterocycles. The van der Waals surface area contributed by atoms with Crippen LogP contribution < -0.4 is 10.1 Å². The van der Waals surface area contributed by atoms with Crippen molar-refractivity contribution in [2.24, 2.45) is 0 Å². The summed E-state index contributed by atoms with van der Waals surface area (Å²) in [7, 11) is 0. The lowest BCUT2D eigenvalue weighted by atomic mass is 10.2. The third kappa shape index (κ3) is 4.57. The lowest BCUT2D eigenvalue weighted by Crippen LogP contribution is -2.38. The summed E-state index contributed by atoms with van der Waals surface area (Å²) in [5.41, 5.74) is 0. The Bertz CT molecular complexity index is 382. The van der Waals surface area contributed by atoms with Crippen molar-refractivity contribution in [2.45, 2.75) is 39.2 Å². The topological polar surface area (TPSA) is 38.3 Å². The number of amides is 1. The molecule has 0 heterocycles. The smallest absolute Gasteiger partial charge is 0.261 e. The number of halogens is 1. The fraction of sp³-hybridized carbons (Fsp3) is 0.500. The van der Waals surface area contributed by atoms with Gasteiger partial charge in [-0.05, 0) is 25.0 Å². The van der Waals surface area contributed by atoms with Crippen molar-refractivity contribution in [1.82, 2.24) is 5.32 Å². The average molecular weight is 270 g/mol. The van der Waals surface area contributed by atoms with E-state index in [0.717, 1.165) is 12.8 Å². The molecule has 1 atom stereocenters. The Morgan fingerprint density at radius 1 is 1.39 bits per heavy atom. The van der Waals surface area contributed by atoms with Crippen molar-refractivity contribution in [3.05, 3.63) is 29.3 Å². The number of rotatable bonds is 7. The Morgan fingerprint density at radius 3 is 2.72 bits per heavy atom. The van der Waals surface area contributed by atoms with Crippen LogP contribution in [0.1, 0.15) is 33.1 Å². The predicted molar refractivity (Wildman–Crippen MR) is 74.1 cm³/mol. The summed E-state index contributed by atoms with van der Waals surface area (Å²) in [6, 6.07) is 7.18. The zero-order valence-corrected chi connectivity index (χ0v) is 11.7. The predicted octanol–water partition coefficient (Wildman–Crippen LogP) is 3.41. The third-order valence-corrected chi connectivity index (χ3v) is 2.91. The largest absolute Gasteiger partial charge is 0.479 e. The van der Waals surface area contributed by atoms with Crippen LogP contribution >= 0.6 is 11.6 Å². The lowest BCUT2D eigenvalue weighted by molar-refractivity contribution is -0.128. The molecule has 1 unspecified atom stereocenters. The van der Waals surface area contributed by atoms with Gasteiger partial charge in [-0.1, -0.05) is 44.0 Å². The van der Waals surface area contributed by atoms with Crippen LogP contribution in [0.25, 0.3) is 0 Å². The van der Waals surface area contributed by atoms with Crippen LogP contribution in [0, 0.1) is 0 Å². The molecule has 0 saturated carbocycles. The number of ether oxygens (including phenoxy) is 1. The van der Waals surface area contributed by atoms with Gasteiger partial charge >= 0.3 is 0 Å². The number of para-hydroxylation sites is 1. The molecule has 0 spiro atoms. The summed E-state index contributed by atoms with van der Waals surface area (Å²) in [5.74, 6) is 0.475. The fourth-order valence-corrected chi connectivity index (χ4v) is 1.70. The van der Waals surface area contributed by atoms with Crippen molar-refractivity contribution in [1.29, 1.82) is 0 Å². The third-order valence-electron chi connectivity index (χ3n) is 2.60. The van der Waals surface area contributed by atoms with Gasteiger partial charge in [0.05, 0.1) is 5.02 Å². The number of carbonyl (C=O) groups is 1. The van der Waals surface area contributed by atoms with Crippen LogP contribution in [0.3, 0.4) is 0 Å². The highest BCUT2D eigenvalue weighted by molar-refractivity contribution is 6.32. The molecule has 0 fully saturated rings. The van der Waals surface area contributed by atoms with E-state index in [1.54, 1.807) is 12.1 Å². The first-order chi connectivity index (χ1) is 8.69. The molecule has 0 aliphatic rings. The summed E-state index contributed by atoms with van der Waals surface area (Å²) >= 11 is 6.00. The maximum atomic E-state index is 11.9. The highest BCUT2D eigenvalue weighted by Crippen LogP contribution is 2.24. The zero-order valence-electron chi connectivity index (χ0n) is 10.9. The molecule has 4 heteroatoms. The summed E-state index contributed by atoms with van der Waals surface area (Å²) in [6.07, 6.45) is 2.17. The highest BCUT2D eigenvalue weighted by Gasteiger charge is 2.18. The molecule has 1 amide bonds. The van der Waals surface area contributed by atoms with Gasteiger partial charge in [0.1, 0.15) is 5.75 Å². The average Bonchev–Trinajstić information content (AvgIpc) is 2.38. The van der Waals surface area contributed by atoms with Gasteiger partial charge in [-0.15, -0.1) is 0 Å². The standard InChI is InChI=1S/C14H20ClNO2/c1-3-5-10-16-14(17)12(4-2)18-13-9-7-6-8-11(13)15/h6-9,12H,3-5,10H2,1-2H3,(H,16,17). The van der Waals surface area contributed by atoms with E-state index in [9.17, 15) is 4.79 Å². The SMILES string of the molecule is CCCCNC(=O)C(CC)Oc1ccccc1Cl. The monoisotopic (exact) mass is 269 g/mol. The normalized spacial score (nSPS) is 11.9. The second-order valence-electron chi connectivity index (χ2n) is 4.09. The molecule has 1 aromatic carbocycles. The molecule has 0 aliphatic carbocycles. The van der Waals surface area contributed by atoms with Crippen molar-refractivity contribution in [3.63, 3.8) is 0 Å². The Kier molecular flexibility index (Phi) is 6.58. The highest BCUT2D eigenvalue weighted by atomic mass is 35.5. The molecule has 100 valence electrons. The molecule has 0 saturated heterocycles. The van der Waals surface area contributed by atoms with Crippen molar-refractivity contribution >= 4 is 17.5 Å². The summed E-state index contributed by atoms with van der Waals surface area (Å²) < 4.78 is 5.64. The molecule has 18 heavy (non-hydrogen) atoms. The molecule has 0 bridgehead atoms. The molecule has 1 rings (SSSR count). The molecule has 0 aliphatic heterocycles. The van der Waals surface area contributed by atoms with Crippen molar-refractivity contribution in [3.8, 4) is 5.75 Å². The van der Waals surface area contributed by atoms with E-state index in [0.29, 0.717) is 23.7 Å². The molecular weight excluding hydrogens is 250 g/mol. The van der Waals surface area contributed by atoms with Gasteiger partial charge in [-0.25, -0.2) is 0 Å². The van der Waals surface area contributed by atoms with Gasteiger partial charge in [-0.2, -0.15) is 0 Å². The summed E-state index contributed by atoms with van der Waals surface area (Å²) in [4.78, 5) is 11.9. The fourth-order valence-electron chi connectivity index (χ4n) is 1.52. The minimum Gasteiger partial charge on any atom is -0.479 e. The van der Waals surface area contributed by atoms with Gasteiger partial charge in [0.25, 0.3) is 5.91 Å². The van der Waals surface area contributed by atoms with E-state index >= 15 is 0 Å². The quantitative estimate of drug-likeness (QED) is 0.771. The molecule has 3 nitrogen and oxygen atoms in total. The number of unbranched alkanes of at least 4 members (excludes halogenated alkanes) is 1. The maximum absolute atomic E-state index is 11.9. The van der Waals surface area contributed by atoms with Crippen LogP contribution in [0.5, 0.6) is 5.75 Å². The first-order valence-electron chi connectivity index (χ1n) is 6.37. The van der Waals surface area contributed by atoms with Crippen molar-refractivity contribution < 1.29 is 9.53 Å². The van der Waals surface area contributed by atoms with Gasteiger partial charge < -0.3 is 10.1 Å². The second kappa shape index (κ2) is 7.98. The van der Waals surface area contributed by atoms with E-state index in [1.165, 1.54) is 0 Å². The number of hydrogen-bond donors (Lipinski definition) is 1. The number of benzene rings is 1. The summed E-state index contributed by atoms with van der Waals surface area (Å²) in [6.45, 7) is 4.70. The number of carbonyl (C=O) groups excluding carboxylic acids is 1. The number of nitrogens with one attached hydrogen (secondary N) is 1. The maximum Gasteiger partial charge on any atom is 0.261 e. The molecule has 1 aromatic rings. The lowest BCUT2D eigenvalue weighted by Gasteiger charge is -2.17. The van der Waals surface area contributed by atoms with Crippen LogP contribution in [0.15, 0.2) is 24.3 Å². The van der Waals surface area contributed by atoms with Gasteiger partial charge in [-0.3, -0.25) is 4.79 Å². The molecular formula is C14H20ClNO2. The van der Waals surface area contributed by atoms with E-state index in [4.69, 9.17) is 16.3 Å². The summed E-state index contributed by atoms with van der Waals surface area (Å²) in [5, 5.41) is 3.39. The van der Waals surface area contributed by atoms with E-state index in [2.05, 4.69) is 12.2 Å². The Labute approximate surface area is 113 Å². The molecule has 1 N–H and O–H groups in total. The van der Waals surface area contributed by atoms with E-state index in [1.807, 2.05) is 19.1 Å². The Morgan fingerprint density at radius 2 is 2.11 bits per heavy atom. The zero-order chi connectivity index (χ0) is 13.4. The van der Waals surface area contributed by atoms with Crippen LogP contribution in [-0.2, 0) is 4.79 Å². The van der Waals surface area contributed by atoms with Crippen LogP contribution in [-0.4, -0.2) is 18.6 Å². The van der Waals surface area contributed by atoms with E-state index < -0.39 is 6.10 Å². The van der Waals surface area contributed by atoms with Gasteiger partial charge in [0, 0.05) is 6.54 Å².